The third kappa shape index (κ3) is 3.13. The van der Waals surface area contributed by atoms with E-state index in [0.29, 0.717) is 25.9 Å². The van der Waals surface area contributed by atoms with E-state index in [2.05, 4.69) is 4.72 Å². The van der Waals surface area contributed by atoms with Gasteiger partial charge in [0.15, 0.2) is 0 Å². The van der Waals surface area contributed by atoms with Crippen molar-refractivity contribution in [2.45, 2.75) is 45.3 Å². The Morgan fingerprint density at radius 3 is 2.30 bits per heavy atom. The Bertz CT molecular complexity index is 464. The topological polar surface area (TPSA) is 95.9 Å². The van der Waals surface area contributed by atoms with Gasteiger partial charge in [-0.05, 0) is 26.7 Å². The fourth-order valence-corrected chi connectivity index (χ4v) is 4.17. The van der Waals surface area contributed by atoms with Gasteiger partial charge in [0.1, 0.15) is 0 Å². The maximum absolute atomic E-state index is 12.3. The molecule has 0 aromatic carbocycles. The molecule has 2 rings (SSSR count). The summed E-state index contributed by atoms with van der Waals surface area (Å²) in [6.07, 6.45) is 1.57. The Morgan fingerprint density at radius 2 is 1.90 bits per heavy atom. The van der Waals surface area contributed by atoms with Crippen LogP contribution in [0.1, 0.15) is 33.1 Å². The summed E-state index contributed by atoms with van der Waals surface area (Å²) in [5.41, 5.74) is -0.920. The minimum atomic E-state index is -3.65. The zero-order valence-electron chi connectivity index (χ0n) is 11.8. The van der Waals surface area contributed by atoms with Crippen LogP contribution in [-0.2, 0) is 19.7 Å². The molecule has 0 aromatic rings. The fourth-order valence-electron chi connectivity index (χ4n) is 2.72. The lowest BCUT2D eigenvalue weighted by Gasteiger charge is -2.39. The first-order valence-corrected chi connectivity index (χ1v) is 8.33. The van der Waals surface area contributed by atoms with E-state index in [1.54, 1.807) is 0 Å². The van der Waals surface area contributed by atoms with Gasteiger partial charge in [0.25, 0.3) is 10.2 Å². The smallest absolute Gasteiger partial charge is 0.310 e. The number of rotatable bonds is 5. The van der Waals surface area contributed by atoms with E-state index in [0.717, 1.165) is 6.42 Å². The molecule has 1 aliphatic carbocycles. The van der Waals surface area contributed by atoms with Gasteiger partial charge in [0, 0.05) is 19.6 Å². The molecular weight excluding hydrogens is 284 g/mol. The van der Waals surface area contributed by atoms with Gasteiger partial charge in [-0.2, -0.15) is 12.7 Å². The molecule has 2 atom stereocenters. The predicted octanol–water partition coefficient (Wildman–Crippen LogP) is 0.185. The van der Waals surface area contributed by atoms with E-state index in [1.807, 2.05) is 13.8 Å². The molecule has 20 heavy (non-hydrogen) atoms. The molecule has 1 aliphatic heterocycles. The molecule has 8 heteroatoms. The first-order valence-electron chi connectivity index (χ1n) is 6.89. The highest BCUT2D eigenvalue weighted by Crippen LogP contribution is 2.40. The van der Waals surface area contributed by atoms with E-state index in [4.69, 9.17) is 4.74 Å². The Kier molecular flexibility index (Phi) is 4.38. The van der Waals surface area contributed by atoms with E-state index >= 15 is 0 Å². The second kappa shape index (κ2) is 5.59. The summed E-state index contributed by atoms with van der Waals surface area (Å²) in [7, 11) is -3.65. The van der Waals surface area contributed by atoms with Crippen LogP contribution in [-0.4, -0.2) is 55.6 Å². The number of ether oxygens (including phenoxy) is 1. The fraction of sp³-hybridized carbons (Fsp3) is 0.917. The summed E-state index contributed by atoms with van der Waals surface area (Å²) >= 11 is 0. The van der Waals surface area contributed by atoms with Crippen LogP contribution in [0.5, 0.6) is 0 Å². The zero-order chi connectivity index (χ0) is 15.0. The summed E-state index contributed by atoms with van der Waals surface area (Å²) < 4.78 is 33.8. The second-order valence-corrected chi connectivity index (χ2v) is 7.59. The van der Waals surface area contributed by atoms with Crippen LogP contribution in [0, 0.1) is 5.41 Å². The average Bonchev–Trinajstić information content (AvgIpc) is 2.25. The van der Waals surface area contributed by atoms with Crippen molar-refractivity contribution < 1.29 is 23.1 Å². The highest BCUT2D eigenvalue weighted by atomic mass is 32.2. The van der Waals surface area contributed by atoms with Crippen molar-refractivity contribution in [1.29, 1.82) is 0 Å². The van der Waals surface area contributed by atoms with Crippen molar-refractivity contribution in [3.05, 3.63) is 0 Å². The molecule has 0 bridgehead atoms. The lowest BCUT2D eigenvalue weighted by Crippen LogP contribution is -2.55. The van der Waals surface area contributed by atoms with Gasteiger partial charge in [-0.25, -0.2) is 4.72 Å². The molecule has 2 N–H and O–H groups in total. The number of carboxylic acid groups (broad SMARTS) is 1. The Morgan fingerprint density at radius 1 is 1.35 bits per heavy atom. The zero-order valence-corrected chi connectivity index (χ0v) is 12.6. The molecule has 116 valence electrons. The summed E-state index contributed by atoms with van der Waals surface area (Å²) in [6, 6.07) is 0. The van der Waals surface area contributed by atoms with Crippen LogP contribution in [0.2, 0.25) is 0 Å². The second-order valence-electron chi connectivity index (χ2n) is 5.84. The highest BCUT2D eigenvalue weighted by Gasteiger charge is 2.45. The summed E-state index contributed by atoms with van der Waals surface area (Å²) in [5.74, 6) is -0.921. The molecule has 2 fully saturated rings. The molecule has 0 radical (unpaired) electrons. The van der Waals surface area contributed by atoms with Gasteiger partial charge in [0.2, 0.25) is 0 Å². The lowest BCUT2D eigenvalue weighted by molar-refractivity contribution is -0.153. The molecule has 2 aliphatic rings. The molecule has 0 aromatic heterocycles. The van der Waals surface area contributed by atoms with E-state index < -0.39 is 21.6 Å². The van der Waals surface area contributed by atoms with Crippen molar-refractivity contribution in [2.24, 2.45) is 5.41 Å². The summed E-state index contributed by atoms with van der Waals surface area (Å²) in [4.78, 5) is 11.2. The third-order valence-electron chi connectivity index (χ3n) is 4.08. The summed E-state index contributed by atoms with van der Waals surface area (Å²) in [5, 5.41) is 9.21. The van der Waals surface area contributed by atoms with Crippen LogP contribution >= 0.6 is 0 Å². The van der Waals surface area contributed by atoms with Crippen LogP contribution in [0.25, 0.3) is 0 Å². The number of hydrogen-bond acceptors (Lipinski definition) is 4. The quantitative estimate of drug-likeness (QED) is 0.755. The SMILES string of the molecule is CC1CN(S(=O)(=O)NCC2(C(=O)O)CCC2)CC(C)O1. The number of carbonyl (C=O) groups is 1. The number of nitrogens with one attached hydrogen (secondary N) is 1. The van der Waals surface area contributed by atoms with Crippen LogP contribution < -0.4 is 4.72 Å². The van der Waals surface area contributed by atoms with Crippen molar-refractivity contribution >= 4 is 16.2 Å². The minimum absolute atomic E-state index is 0.0369. The third-order valence-corrected chi connectivity index (χ3v) is 5.57. The largest absolute Gasteiger partial charge is 0.481 e. The maximum Gasteiger partial charge on any atom is 0.310 e. The number of morpholine rings is 1. The Hall–Kier alpha value is -0.700. The molecular formula is C12H22N2O5S. The van der Waals surface area contributed by atoms with Gasteiger partial charge < -0.3 is 9.84 Å². The lowest BCUT2D eigenvalue weighted by atomic mass is 9.69. The van der Waals surface area contributed by atoms with E-state index in [1.165, 1.54) is 4.31 Å². The maximum atomic E-state index is 12.3. The molecule has 1 saturated heterocycles. The summed E-state index contributed by atoms with van der Waals surface area (Å²) in [6.45, 7) is 4.19. The van der Waals surface area contributed by atoms with Gasteiger partial charge >= 0.3 is 5.97 Å². The van der Waals surface area contributed by atoms with Crippen molar-refractivity contribution in [3.8, 4) is 0 Å². The van der Waals surface area contributed by atoms with Gasteiger partial charge in [-0.3, -0.25) is 4.79 Å². The number of carboxylic acids is 1. The van der Waals surface area contributed by atoms with E-state index in [9.17, 15) is 18.3 Å². The highest BCUT2D eigenvalue weighted by molar-refractivity contribution is 7.87. The number of nitrogens with zero attached hydrogens (tertiary/aromatic N) is 1. The molecule has 0 amide bonds. The van der Waals surface area contributed by atoms with Crippen molar-refractivity contribution in [1.82, 2.24) is 9.03 Å². The van der Waals surface area contributed by atoms with Gasteiger partial charge in [-0.1, -0.05) is 6.42 Å². The monoisotopic (exact) mass is 306 g/mol. The first kappa shape index (κ1) is 15.7. The molecule has 2 unspecified atom stereocenters. The van der Waals surface area contributed by atoms with Crippen molar-refractivity contribution in [2.75, 3.05) is 19.6 Å². The number of hydrogen-bond donors (Lipinski definition) is 2. The Labute approximate surface area is 119 Å². The van der Waals surface area contributed by atoms with Crippen molar-refractivity contribution in [3.63, 3.8) is 0 Å². The van der Waals surface area contributed by atoms with Crippen LogP contribution in [0.3, 0.4) is 0 Å². The molecule has 1 heterocycles. The molecule has 7 nitrogen and oxygen atoms in total. The molecule has 1 saturated carbocycles. The van der Waals surface area contributed by atoms with E-state index in [-0.39, 0.29) is 18.8 Å². The standard InChI is InChI=1S/C12H22N2O5S/c1-9-6-14(7-10(2)19-9)20(17,18)13-8-12(11(15)16)4-3-5-12/h9-10,13H,3-8H2,1-2H3,(H,15,16). The minimum Gasteiger partial charge on any atom is -0.481 e. The Balaban J connectivity index is 1.99. The van der Waals surface area contributed by atoms with Gasteiger partial charge in [0.05, 0.1) is 17.6 Å². The van der Waals surface area contributed by atoms with Crippen LogP contribution in [0.15, 0.2) is 0 Å². The van der Waals surface area contributed by atoms with Crippen LogP contribution in [0.4, 0.5) is 0 Å². The predicted molar refractivity (Wildman–Crippen MR) is 72.4 cm³/mol. The average molecular weight is 306 g/mol. The molecule has 0 spiro atoms. The normalized spacial score (nSPS) is 30.7. The first-order chi connectivity index (χ1) is 9.25. The number of aliphatic carboxylic acids is 1. The van der Waals surface area contributed by atoms with Gasteiger partial charge in [-0.15, -0.1) is 0 Å².